The Morgan fingerprint density at radius 2 is 0.684 bits per heavy atom. The van der Waals surface area contributed by atoms with E-state index in [0.717, 1.165) is 122 Å². The molecule has 0 saturated carbocycles. The maximum atomic E-state index is 12.9. The molecule has 11 nitrogen and oxygen atoms in total. The number of unbranched alkanes of at least 4 members (excludes halogenated alkanes) is 19. The molecular weight excluding hydrogens is 976 g/mol. The third kappa shape index (κ3) is 54.9. The lowest BCUT2D eigenvalue weighted by Gasteiger charge is -2.21. The maximum absolute atomic E-state index is 12.9. The van der Waals surface area contributed by atoms with Crippen LogP contribution in [0.1, 0.15) is 239 Å². The topological polar surface area (TPSA) is 155 Å². The van der Waals surface area contributed by atoms with Crippen LogP contribution in [0.5, 0.6) is 0 Å². The van der Waals surface area contributed by atoms with E-state index in [4.69, 9.17) is 23.3 Å². The average Bonchev–Trinajstić information content (AvgIpc) is 3.41. The van der Waals surface area contributed by atoms with Gasteiger partial charge < -0.3 is 24.2 Å². The minimum atomic E-state index is -4.77. The number of allylic oxidation sites excluding steroid dienone is 18. The van der Waals surface area contributed by atoms with E-state index in [0.29, 0.717) is 19.3 Å². The molecule has 0 bridgehead atoms. The van der Waals surface area contributed by atoms with Crippen LogP contribution in [0.25, 0.3) is 0 Å². The largest absolute Gasteiger partial charge is 0.472 e. The van der Waals surface area contributed by atoms with Gasteiger partial charge in [0.15, 0.2) is 6.10 Å². The lowest BCUT2D eigenvalue weighted by Crippen LogP contribution is -2.30. The van der Waals surface area contributed by atoms with E-state index in [1.165, 1.54) is 57.8 Å². The number of ether oxygens (including phenoxy) is 3. The van der Waals surface area contributed by atoms with Crippen LogP contribution in [0.4, 0.5) is 0 Å². The molecule has 0 fully saturated rings. The van der Waals surface area contributed by atoms with E-state index < -0.39 is 57.8 Å². The van der Waals surface area contributed by atoms with Crippen LogP contribution < -0.4 is 0 Å². The molecule has 0 radical (unpaired) electrons. The van der Waals surface area contributed by atoms with Gasteiger partial charge in [-0.25, -0.2) is 4.57 Å². The number of rotatable bonds is 54. The Labute approximate surface area is 463 Å². The third-order valence-corrected chi connectivity index (χ3v) is 13.1. The lowest BCUT2D eigenvalue weighted by molar-refractivity contribution is -0.161. The van der Waals surface area contributed by atoms with Gasteiger partial charge in [0.1, 0.15) is 12.7 Å². The van der Waals surface area contributed by atoms with Crippen LogP contribution >= 0.6 is 7.82 Å². The first kappa shape index (κ1) is 72.1. The Balaban J connectivity index is 4.79. The van der Waals surface area contributed by atoms with E-state index in [1.807, 2.05) is 0 Å². The van der Waals surface area contributed by atoms with Gasteiger partial charge in [-0.2, -0.15) is 0 Å². The van der Waals surface area contributed by atoms with Gasteiger partial charge in [0.2, 0.25) is 0 Å². The Kier molecular flexibility index (Phi) is 54.4. The van der Waals surface area contributed by atoms with Gasteiger partial charge in [-0.3, -0.25) is 23.4 Å². The third-order valence-electron chi connectivity index (χ3n) is 12.2. The van der Waals surface area contributed by atoms with Crippen LogP contribution in [0.2, 0.25) is 0 Å². The molecule has 0 heterocycles. The number of carbonyl (C=O) groups excluding carboxylic acids is 3. The highest BCUT2D eigenvalue weighted by molar-refractivity contribution is 7.47. The van der Waals surface area contributed by atoms with Gasteiger partial charge in [-0.15, -0.1) is 0 Å². The molecule has 0 aromatic carbocycles. The van der Waals surface area contributed by atoms with E-state index in [9.17, 15) is 28.9 Å². The van der Waals surface area contributed by atoms with Gasteiger partial charge in [0, 0.05) is 19.3 Å². The van der Waals surface area contributed by atoms with Crippen LogP contribution in [0.3, 0.4) is 0 Å². The molecule has 0 aliphatic rings. The molecule has 0 spiro atoms. The van der Waals surface area contributed by atoms with E-state index in [1.54, 1.807) is 0 Å². The van der Waals surface area contributed by atoms with E-state index in [-0.39, 0.29) is 25.9 Å². The van der Waals surface area contributed by atoms with Crippen LogP contribution in [0, 0.1) is 0 Å². The number of hydrogen-bond donors (Lipinski definition) is 2. The van der Waals surface area contributed by atoms with Crippen molar-refractivity contribution in [3.8, 4) is 0 Å². The Bertz CT molecular complexity index is 1690. The summed E-state index contributed by atoms with van der Waals surface area (Å²) in [7, 11) is -4.77. The molecule has 0 aliphatic carbocycles. The predicted octanol–water partition coefficient (Wildman–Crippen LogP) is 17.8. The molecule has 0 amide bonds. The number of aliphatic hydroxyl groups is 1. The van der Waals surface area contributed by atoms with Crippen molar-refractivity contribution in [2.45, 2.75) is 251 Å². The number of carbonyl (C=O) groups is 3. The van der Waals surface area contributed by atoms with Crippen molar-refractivity contribution in [2.24, 2.45) is 0 Å². The molecule has 12 heteroatoms. The van der Waals surface area contributed by atoms with Gasteiger partial charge in [-0.1, -0.05) is 207 Å². The van der Waals surface area contributed by atoms with Gasteiger partial charge >= 0.3 is 25.7 Å². The summed E-state index contributed by atoms with van der Waals surface area (Å²) < 4.78 is 39.5. The second-order valence-electron chi connectivity index (χ2n) is 19.4. The second-order valence-corrected chi connectivity index (χ2v) is 20.8. The first-order chi connectivity index (χ1) is 37.2. The first-order valence-electron chi connectivity index (χ1n) is 29.8. The zero-order valence-electron chi connectivity index (χ0n) is 47.9. The summed E-state index contributed by atoms with van der Waals surface area (Å²) in [6.07, 6.45) is 69.0. The van der Waals surface area contributed by atoms with Crippen molar-refractivity contribution in [3.63, 3.8) is 0 Å². The molecule has 2 N–H and O–H groups in total. The second kappa shape index (κ2) is 57.3. The lowest BCUT2D eigenvalue weighted by atomic mass is 10.1. The van der Waals surface area contributed by atoms with Crippen molar-refractivity contribution in [1.82, 2.24) is 0 Å². The average molecular weight is 1080 g/mol. The summed E-state index contributed by atoms with van der Waals surface area (Å²) in [5.74, 6) is -1.53. The summed E-state index contributed by atoms with van der Waals surface area (Å²) in [5, 5.41) is 9.81. The Hall–Kier alpha value is -3.86. The minimum Gasteiger partial charge on any atom is -0.462 e. The van der Waals surface area contributed by atoms with E-state index in [2.05, 4.69) is 130 Å². The van der Waals surface area contributed by atoms with Crippen LogP contribution in [-0.4, -0.2) is 66.5 Å². The molecule has 0 saturated heterocycles. The maximum Gasteiger partial charge on any atom is 0.472 e. The normalized spacial score (nSPS) is 14.1. The number of esters is 3. The number of aliphatic hydroxyl groups excluding tert-OH is 1. The molecule has 3 atom stereocenters. The van der Waals surface area contributed by atoms with Gasteiger partial charge in [-0.05, 0) is 122 Å². The van der Waals surface area contributed by atoms with Crippen molar-refractivity contribution in [3.05, 3.63) is 109 Å². The molecule has 3 unspecified atom stereocenters. The molecule has 0 aromatic heterocycles. The highest BCUT2D eigenvalue weighted by Crippen LogP contribution is 2.43. The highest BCUT2D eigenvalue weighted by Gasteiger charge is 2.28. The monoisotopic (exact) mass is 1080 g/mol. The molecule has 0 rings (SSSR count). The fraction of sp³-hybridized carbons (Fsp3) is 0.672. The fourth-order valence-electron chi connectivity index (χ4n) is 7.69. The Morgan fingerprint density at radius 1 is 0.382 bits per heavy atom. The van der Waals surface area contributed by atoms with Gasteiger partial charge in [0.05, 0.1) is 19.8 Å². The van der Waals surface area contributed by atoms with Crippen molar-refractivity contribution < 1.29 is 52.2 Å². The van der Waals surface area contributed by atoms with Crippen molar-refractivity contribution in [1.29, 1.82) is 0 Å². The zero-order chi connectivity index (χ0) is 55.5. The standard InChI is InChI=1S/C64H107O11P/c1-4-7-10-13-16-19-22-25-27-29-30-32-33-36-38-41-44-47-50-53-62(66)71-57-61(75-64(68)55-52-49-46-43-40-37-34-31-28-26-23-20-17-14-11-8-5-2)59-73-76(69,70)72-58-60(56-65)74-63(67)54-51-48-45-42-39-35-24-21-18-15-12-9-6-3/h8-9,11-12,16-21,25-28,34-35,37,39,60-61,65H,4-7,10,13-15,22-24,29-33,36,38,40-59H2,1-3H3,(H,69,70)/b11-8-,12-9-,19-16-,20-17-,21-18-,27-25-,28-26-,37-34-,39-35-. The summed E-state index contributed by atoms with van der Waals surface area (Å²) in [4.78, 5) is 48.6. The van der Waals surface area contributed by atoms with Crippen LogP contribution in [-0.2, 0) is 42.2 Å². The van der Waals surface area contributed by atoms with Gasteiger partial charge in [0.25, 0.3) is 0 Å². The molecular formula is C64H107O11P. The van der Waals surface area contributed by atoms with Crippen LogP contribution in [0.15, 0.2) is 109 Å². The van der Waals surface area contributed by atoms with E-state index >= 15 is 0 Å². The summed E-state index contributed by atoms with van der Waals surface area (Å²) in [5.41, 5.74) is 0. The number of phosphoric ester groups is 1. The molecule has 434 valence electrons. The Morgan fingerprint density at radius 3 is 1.07 bits per heavy atom. The van der Waals surface area contributed by atoms with Crippen molar-refractivity contribution >= 4 is 25.7 Å². The molecule has 0 aliphatic heterocycles. The number of hydrogen-bond acceptors (Lipinski definition) is 10. The first-order valence-corrected chi connectivity index (χ1v) is 31.3. The predicted molar refractivity (Wildman–Crippen MR) is 316 cm³/mol. The minimum absolute atomic E-state index is 0.131. The smallest absolute Gasteiger partial charge is 0.462 e. The highest BCUT2D eigenvalue weighted by atomic mass is 31.2. The SMILES string of the molecule is CC/C=C\C/C=C\C/C=C\C/C=C\CCCCCCC(=O)OC(COC(=O)CCCCCCCCCCC/C=C\C/C=C\CCCCC)COP(=O)(O)OCC(CO)OC(=O)CCCCC/C=C\C/C=C\C/C=C\CC. The summed E-state index contributed by atoms with van der Waals surface area (Å²) >= 11 is 0. The fourth-order valence-corrected chi connectivity index (χ4v) is 8.47. The summed E-state index contributed by atoms with van der Waals surface area (Å²) in [6.45, 7) is 4.32. The molecule has 0 aromatic rings. The quantitative estimate of drug-likeness (QED) is 0.0197. The molecule has 76 heavy (non-hydrogen) atoms. The summed E-state index contributed by atoms with van der Waals surface area (Å²) in [6, 6.07) is 0. The zero-order valence-corrected chi connectivity index (χ0v) is 48.8. The van der Waals surface area contributed by atoms with Crippen molar-refractivity contribution in [2.75, 3.05) is 26.4 Å². The number of phosphoric acid groups is 1.